The molecule has 1 aliphatic heterocycles. The molecular weight excluding hydrogens is 292 g/mol. The zero-order chi connectivity index (χ0) is 14.8. The van der Waals surface area contributed by atoms with Crippen molar-refractivity contribution in [1.29, 1.82) is 0 Å². The van der Waals surface area contributed by atoms with Gasteiger partial charge in [0.15, 0.2) is 0 Å². The Labute approximate surface area is 126 Å². The van der Waals surface area contributed by atoms with Gasteiger partial charge in [-0.1, -0.05) is 29.8 Å². The third-order valence-electron chi connectivity index (χ3n) is 3.21. The van der Waals surface area contributed by atoms with Crippen LogP contribution in [0.25, 0.3) is 0 Å². The number of amides is 1. The van der Waals surface area contributed by atoms with Crippen LogP contribution in [0.5, 0.6) is 5.75 Å². The first-order chi connectivity index (χ1) is 10.2. The van der Waals surface area contributed by atoms with Gasteiger partial charge in [0.25, 0.3) is 5.91 Å². The second-order valence-electron chi connectivity index (χ2n) is 4.58. The Bertz CT molecular complexity index is 692. The quantitative estimate of drug-likeness (QED) is 0.458. The summed E-state index contributed by atoms with van der Waals surface area (Å²) in [6.45, 7) is 0.409. The van der Waals surface area contributed by atoms with Gasteiger partial charge < -0.3 is 15.5 Å². The van der Waals surface area contributed by atoms with Crippen LogP contribution in [-0.2, 0) is 0 Å². The molecule has 2 aromatic rings. The minimum Gasteiger partial charge on any atom is -0.491 e. The van der Waals surface area contributed by atoms with E-state index >= 15 is 0 Å². The average molecular weight is 305 g/mol. The highest BCUT2D eigenvalue weighted by molar-refractivity contribution is 6.29. The molecule has 0 aliphatic carbocycles. The summed E-state index contributed by atoms with van der Waals surface area (Å²) in [5.74, 6) is 6.15. The third kappa shape index (κ3) is 2.76. The Kier molecular flexibility index (Phi) is 3.64. The van der Waals surface area contributed by atoms with E-state index in [4.69, 9.17) is 22.2 Å². The van der Waals surface area contributed by atoms with Crippen LogP contribution in [0, 0.1) is 0 Å². The number of para-hydroxylation sites is 1. The fourth-order valence-corrected chi connectivity index (χ4v) is 2.43. The molecule has 0 bridgehead atoms. The predicted octanol–water partition coefficient (Wildman–Crippen LogP) is 1.88. The molecule has 1 amide bonds. The minimum absolute atomic E-state index is 0.185. The molecule has 0 saturated heterocycles. The van der Waals surface area contributed by atoms with Crippen molar-refractivity contribution in [2.75, 3.05) is 12.0 Å². The molecule has 7 heteroatoms. The van der Waals surface area contributed by atoms with Gasteiger partial charge in [-0.15, -0.1) is 0 Å². The highest BCUT2D eigenvalue weighted by Crippen LogP contribution is 2.31. The van der Waals surface area contributed by atoms with Gasteiger partial charge in [0.2, 0.25) is 0 Å². The maximum Gasteiger partial charge on any atom is 0.252 e. The van der Waals surface area contributed by atoms with Gasteiger partial charge >= 0.3 is 0 Å². The molecule has 0 saturated carbocycles. The van der Waals surface area contributed by atoms with Gasteiger partial charge in [-0.2, -0.15) is 0 Å². The number of aromatic nitrogens is 1. The van der Waals surface area contributed by atoms with Gasteiger partial charge in [0.05, 0.1) is 6.04 Å². The summed E-state index contributed by atoms with van der Waals surface area (Å²) in [6, 6.07) is 10.4. The maximum absolute atomic E-state index is 12.3. The van der Waals surface area contributed by atoms with Gasteiger partial charge in [0, 0.05) is 11.1 Å². The van der Waals surface area contributed by atoms with E-state index in [1.807, 2.05) is 24.3 Å². The molecule has 3 rings (SSSR count). The van der Waals surface area contributed by atoms with Crippen molar-refractivity contribution in [3.05, 3.63) is 52.7 Å². The Balaban J connectivity index is 1.80. The van der Waals surface area contributed by atoms with Gasteiger partial charge in [0.1, 0.15) is 23.3 Å². The lowest BCUT2D eigenvalue weighted by Gasteiger charge is -2.12. The fourth-order valence-electron chi connectivity index (χ4n) is 2.23. The molecule has 1 atom stereocenters. The van der Waals surface area contributed by atoms with E-state index in [-0.39, 0.29) is 17.1 Å². The van der Waals surface area contributed by atoms with Gasteiger partial charge in [-0.05, 0) is 18.2 Å². The first-order valence-electron chi connectivity index (χ1n) is 6.34. The Hall–Kier alpha value is -2.31. The molecule has 108 valence electrons. The Morgan fingerprint density at radius 3 is 3.00 bits per heavy atom. The highest BCUT2D eigenvalue weighted by Gasteiger charge is 2.25. The number of hydrazine groups is 1. The number of carbonyl (C=O) groups is 1. The van der Waals surface area contributed by atoms with E-state index < -0.39 is 0 Å². The smallest absolute Gasteiger partial charge is 0.252 e. The van der Waals surface area contributed by atoms with Crippen LogP contribution in [-0.4, -0.2) is 17.5 Å². The summed E-state index contributed by atoms with van der Waals surface area (Å²) < 4.78 is 5.53. The highest BCUT2D eigenvalue weighted by atomic mass is 35.5. The van der Waals surface area contributed by atoms with E-state index in [1.54, 1.807) is 0 Å². The van der Waals surface area contributed by atoms with E-state index in [9.17, 15) is 4.79 Å². The normalized spacial score (nSPS) is 16.0. The number of nitrogens with zero attached hydrogens (tertiary/aromatic N) is 1. The number of hydrogen-bond acceptors (Lipinski definition) is 5. The summed E-state index contributed by atoms with van der Waals surface area (Å²) in [5.41, 5.74) is 3.72. The van der Waals surface area contributed by atoms with Crippen LogP contribution in [0.3, 0.4) is 0 Å². The molecule has 4 N–H and O–H groups in total. The molecule has 6 nitrogen and oxygen atoms in total. The van der Waals surface area contributed by atoms with Crippen LogP contribution in [0.2, 0.25) is 5.15 Å². The number of nitrogens with two attached hydrogens (primary N) is 1. The maximum atomic E-state index is 12.3. The summed E-state index contributed by atoms with van der Waals surface area (Å²) in [4.78, 5) is 16.2. The minimum atomic E-state index is -0.263. The number of anilines is 1. The van der Waals surface area contributed by atoms with Crippen LogP contribution in [0.4, 0.5) is 5.82 Å². The van der Waals surface area contributed by atoms with Gasteiger partial charge in [-0.3, -0.25) is 4.79 Å². The molecule has 1 aromatic heterocycles. The van der Waals surface area contributed by atoms with Crippen molar-refractivity contribution < 1.29 is 9.53 Å². The van der Waals surface area contributed by atoms with E-state index in [0.29, 0.717) is 18.0 Å². The number of halogens is 1. The lowest BCUT2D eigenvalue weighted by Crippen LogP contribution is -2.29. The van der Waals surface area contributed by atoms with Crippen molar-refractivity contribution in [3.63, 3.8) is 0 Å². The molecule has 0 radical (unpaired) electrons. The molecule has 21 heavy (non-hydrogen) atoms. The second kappa shape index (κ2) is 5.59. The van der Waals surface area contributed by atoms with Gasteiger partial charge in [-0.25, -0.2) is 10.8 Å². The first-order valence-corrected chi connectivity index (χ1v) is 6.72. The van der Waals surface area contributed by atoms with E-state index in [1.165, 1.54) is 12.1 Å². The molecule has 1 unspecified atom stereocenters. The number of benzene rings is 1. The average Bonchev–Trinajstić information content (AvgIpc) is 2.90. The number of ether oxygens (including phenoxy) is 1. The van der Waals surface area contributed by atoms with Crippen molar-refractivity contribution in [1.82, 2.24) is 10.3 Å². The number of fused-ring (bicyclic) bond motifs is 1. The molecular formula is C14H13ClN4O2. The summed E-state index contributed by atoms with van der Waals surface area (Å²) in [7, 11) is 0. The lowest BCUT2D eigenvalue weighted by atomic mass is 10.1. The standard InChI is InChI=1S/C14H13ClN4O2/c15-12-5-8(6-13(18-12)19-16)14(20)17-10-7-21-11-4-2-1-3-9(10)11/h1-6,10H,7,16H2,(H,17,20)(H,18,19). The van der Waals surface area contributed by atoms with Crippen molar-refractivity contribution in [2.45, 2.75) is 6.04 Å². The number of rotatable bonds is 3. The number of pyridine rings is 1. The number of nitrogen functional groups attached to an aromatic ring is 1. The Morgan fingerprint density at radius 1 is 1.38 bits per heavy atom. The van der Waals surface area contributed by atoms with Crippen molar-refractivity contribution in [2.24, 2.45) is 5.84 Å². The lowest BCUT2D eigenvalue weighted by molar-refractivity contribution is 0.0930. The largest absolute Gasteiger partial charge is 0.491 e. The monoisotopic (exact) mass is 304 g/mol. The first kappa shape index (κ1) is 13.7. The Morgan fingerprint density at radius 2 is 2.19 bits per heavy atom. The summed E-state index contributed by atoms with van der Waals surface area (Å²) in [5, 5.41) is 3.10. The molecule has 1 aliphatic rings. The van der Waals surface area contributed by atoms with E-state index in [0.717, 1.165) is 11.3 Å². The van der Waals surface area contributed by atoms with Crippen LogP contribution >= 0.6 is 11.6 Å². The SMILES string of the molecule is NNc1cc(C(=O)NC2COc3ccccc32)cc(Cl)n1. The molecule has 2 heterocycles. The summed E-state index contributed by atoms with van der Waals surface area (Å²) in [6.07, 6.45) is 0. The predicted molar refractivity (Wildman–Crippen MR) is 79.2 cm³/mol. The molecule has 0 fully saturated rings. The van der Waals surface area contributed by atoms with Crippen LogP contribution in [0.15, 0.2) is 36.4 Å². The van der Waals surface area contributed by atoms with Crippen molar-refractivity contribution in [3.8, 4) is 5.75 Å². The molecule has 0 spiro atoms. The molecule has 1 aromatic carbocycles. The van der Waals surface area contributed by atoms with Crippen LogP contribution < -0.4 is 21.3 Å². The number of hydrogen-bond donors (Lipinski definition) is 3. The van der Waals surface area contributed by atoms with E-state index in [2.05, 4.69) is 15.7 Å². The number of carbonyl (C=O) groups excluding carboxylic acids is 1. The van der Waals surface area contributed by atoms with Crippen molar-refractivity contribution >= 4 is 23.3 Å². The zero-order valence-corrected chi connectivity index (χ0v) is 11.7. The zero-order valence-electron chi connectivity index (χ0n) is 11.0. The topological polar surface area (TPSA) is 89.3 Å². The van der Waals surface area contributed by atoms with Crippen LogP contribution in [0.1, 0.15) is 22.0 Å². The summed E-state index contributed by atoms with van der Waals surface area (Å²) >= 11 is 5.86. The fraction of sp³-hybridized carbons (Fsp3) is 0.143. The third-order valence-corrected chi connectivity index (χ3v) is 3.40. The second-order valence-corrected chi connectivity index (χ2v) is 4.97. The number of nitrogens with one attached hydrogen (secondary N) is 2.